The molecule has 0 aliphatic heterocycles. The predicted octanol–water partition coefficient (Wildman–Crippen LogP) is 0.708. The smallest absolute Gasteiger partial charge is 0.360 e. The summed E-state index contributed by atoms with van der Waals surface area (Å²) in [6.45, 7) is 0. The van der Waals surface area contributed by atoms with Crippen molar-refractivity contribution in [3.63, 3.8) is 0 Å². The Morgan fingerprint density at radius 1 is 1.27 bits per heavy atom. The van der Waals surface area contributed by atoms with Crippen LogP contribution in [0.1, 0.15) is 0 Å². The Balaban J connectivity index is 2.86. The Labute approximate surface area is 84.1 Å². The Bertz CT molecular complexity index is 451. The molecule has 0 aliphatic rings. The summed E-state index contributed by atoms with van der Waals surface area (Å²) in [7, 11) is -4.52. The molecule has 1 rings (SSSR count). The van der Waals surface area contributed by atoms with Crippen LogP contribution in [-0.4, -0.2) is 18.6 Å². The van der Waals surface area contributed by atoms with E-state index in [0.29, 0.717) is 0 Å². The molecular formula is C6H5NO7S. The van der Waals surface area contributed by atoms with E-state index in [4.69, 9.17) is 5.26 Å². The van der Waals surface area contributed by atoms with E-state index in [0.717, 1.165) is 24.3 Å². The van der Waals surface area contributed by atoms with E-state index >= 15 is 0 Å². The van der Waals surface area contributed by atoms with Crippen molar-refractivity contribution in [3.8, 4) is 5.75 Å². The van der Waals surface area contributed by atoms with E-state index in [2.05, 4.69) is 8.52 Å². The second-order valence-corrected chi connectivity index (χ2v) is 3.45. The first kappa shape index (κ1) is 11.4. The first-order chi connectivity index (χ1) is 6.94. The lowest BCUT2D eigenvalue weighted by Gasteiger charge is -2.01. The van der Waals surface area contributed by atoms with Gasteiger partial charge in [-0.2, -0.15) is 8.42 Å². The molecule has 8 nitrogen and oxygen atoms in total. The normalized spacial score (nSPS) is 11.0. The van der Waals surface area contributed by atoms with Crippen molar-refractivity contribution in [2.24, 2.45) is 0 Å². The van der Waals surface area contributed by atoms with Gasteiger partial charge in [-0.05, 0) is 12.1 Å². The zero-order valence-corrected chi connectivity index (χ0v) is 7.88. The van der Waals surface area contributed by atoms with Crippen LogP contribution in [-0.2, 0) is 14.7 Å². The third-order valence-electron chi connectivity index (χ3n) is 1.34. The van der Waals surface area contributed by atoms with Crippen LogP contribution >= 0.6 is 0 Å². The van der Waals surface area contributed by atoms with Gasteiger partial charge in [0.1, 0.15) is 5.75 Å². The lowest BCUT2D eigenvalue weighted by Crippen LogP contribution is -2.10. The van der Waals surface area contributed by atoms with Crippen molar-refractivity contribution in [1.29, 1.82) is 0 Å². The van der Waals surface area contributed by atoms with Crippen LogP contribution in [0, 0.1) is 10.1 Å². The van der Waals surface area contributed by atoms with Crippen molar-refractivity contribution in [2.45, 2.75) is 0 Å². The monoisotopic (exact) mass is 235 g/mol. The fourth-order valence-corrected chi connectivity index (χ4v) is 1.13. The number of benzene rings is 1. The lowest BCUT2D eigenvalue weighted by atomic mass is 10.3. The third-order valence-corrected chi connectivity index (χ3v) is 1.92. The minimum absolute atomic E-state index is 0.213. The summed E-state index contributed by atoms with van der Waals surface area (Å²) in [5, 5.41) is 18.1. The molecule has 0 aromatic heterocycles. The van der Waals surface area contributed by atoms with Gasteiger partial charge >= 0.3 is 10.4 Å². The Kier molecular flexibility index (Phi) is 3.19. The number of non-ortho nitro benzene ring substituents is 1. The van der Waals surface area contributed by atoms with E-state index in [9.17, 15) is 18.5 Å². The number of nitro groups is 1. The van der Waals surface area contributed by atoms with Gasteiger partial charge in [-0.1, -0.05) is 4.33 Å². The summed E-state index contributed by atoms with van der Waals surface area (Å²) >= 11 is 0. The van der Waals surface area contributed by atoms with Crippen LogP contribution in [0.3, 0.4) is 0 Å². The number of rotatable bonds is 4. The van der Waals surface area contributed by atoms with Gasteiger partial charge in [0, 0.05) is 12.1 Å². The molecule has 1 aromatic rings. The molecule has 0 saturated carbocycles. The van der Waals surface area contributed by atoms with E-state index in [1.807, 2.05) is 0 Å². The molecule has 0 unspecified atom stereocenters. The minimum Gasteiger partial charge on any atom is -0.360 e. The van der Waals surface area contributed by atoms with Crippen LogP contribution in [0.2, 0.25) is 0 Å². The molecular weight excluding hydrogens is 230 g/mol. The third kappa shape index (κ3) is 3.16. The van der Waals surface area contributed by atoms with Crippen LogP contribution in [0.25, 0.3) is 0 Å². The first-order valence-corrected chi connectivity index (χ1v) is 4.80. The predicted molar refractivity (Wildman–Crippen MR) is 46.4 cm³/mol. The minimum atomic E-state index is -4.52. The molecule has 0 radical (unpaired) electrons. The summed E-state index contributed by atoms with van der Waals surface area (Å²) in [5.41, 5.74) is -0.218. The standard InChI is InChI=1S/C6H5NO7S/c8-7(9)5-1-3-6(4-2-5)13-15(11,12)14-10/h1-4,10H. The Hall–Kier alpha value is -1.71. The molecule has 0 heterocycles. The van der Waals surface area contributed by atoms with Crippen LogP contribution in [0.15, 0.2) is 24.3 Å². The van der Waals surface area contributed by atoms with Gasteiger partial charge in [-0.3, -0.25) is 10.1 Å². The summed E-state index contributed by atoms with van der Waals surface area (Å²) < 4.78 is 28.3. The number of hydrogen-bond donors (Lipinski definition) is 1. The second-order valence-electron chi connectivity index (χ2n) is 2.32. The van der Waals surface area contributed by atoms with Crippen LogP contribution in [0.5, 0.6) is 5.75 Å². The van der Waals surface area contributed by atoms with Crippen molar-refractivity contribution in [1.82, 2.24) is 0 Å². The largest absolute Gasteiger partial charge is 0.476 e. The molecule has 0 fully saturated rings. The fraction of sp³-hybridized carbons (Fsp3) is 0. The molecule has 1 N–H and O–H groups in total. The summed E-state index contributed by atoms with van der Waals surface area (Å²) in [4.78, 5) is 9.58. The molecule has 0 aliphatic carbocycles. The fourth-order valence-electron chi connectivity index (χ4n) is 0.756. The quantitative estimate of drug-likeness (QED) is 0.464. The summed E-state index contributed by atoms with van der Waals surface area (Å²) in [6, 6.07) is 4.19. The Morgan fingerprint density at radius 2 is 1.80 bits per heavy atom. The highest BCUT2D eigenvalue weighted by Gasteiger charge is 2.13. The van der Waals surface area contributed by atoms with E-state index in [1.54, 1.807) is 0 Å². The van der Waals surface area contributed by atoms with Crippen molar-refractivity contribution in [3.05, 3.63) is 34.4 Å². The zero-order chi connectivity index (χ0) is 11.5. The summed E-state index contributed by atoms with van der Waals surface area (Å²) in [5.74, 6) is -0.213. The second kappa shape index (κ2) is 4.21. The van der Waals surface area contributed by atoms with Gasteiger partial charge in [0.2, 0.25) is 0 Å². The van der Waals surface area contributed by atoms with Gasteiger partial charge < -0.3 is 4.18 Å². The zero-order valence-electron chi connectivity index (χ0n) is 7.06. The maximum Gasteiger partial charge on any atom is 0.476 e. The topological polar surface area (TPSA) is 116 Å². The average Bonchev–Trinajstić information content (AvgIpc) is 2.18. The number of nitrogens with zero attached hydrogens (tertiary/aromatic N) is 1. The maximum atomic E-state index is 10.6. The number of nitro benzene ring substituents is 1. The highest BCUT2D eigenvalue weighted by Crippen LogP contribution is 2.18. The molecule has 82 valence electrons. The van der Waals surface area contributed by atoms with Crippen molar-refractivity contribution >= 4 is 16.1 Å². The van der Waals surface area contributed by atoms with Gasteiger partial charge in [0.15, 0.2) is 0 Å². The molecule has 9 heteroatoms. The van der Waals surface area contributed by atoms with Gasteiger partial charge in [0.05, 0.1) is 4.92 Å². The molecule has 15 heavy (non-hydrogen) atoms. The molecule has 0 spiro atoms. The molecule has 0 atom stereocenters. The van der Waals surface area contributed by atoms with Gasteiger partial charge in [-0.15, -0.1) is 0 Å². The first-order valence-electron chi connectivity index (χ1n) is 3.46. The lowest BCUT2D eigenvalue weighted by molar-refractivity contribution is -0.384. The van der Waals surface area contributed by atoms with Crippen LogP contribution < -0.4 is 4.18 Å². The van der Waals surface area contributed by atoms with Crippen molar-refractivity contribution in [2.75, 3.05) is 0 Å². The van der Waals surface area contributed by atoms with Crippen molar-refractivity contribution < 1.29 is 27.1 Å². The molecule has 0 saturated heterocycles. The van der Waals surface area contributed by atoms with Gasteiger partial charge in [0.25, 0.3) is 5.69 Å². The molecule has 0 amide bonds. The Morgan fingerprint density at radius 3 is 2.20 bits per heavy atom. The van der Waals surface area contributed by atoms with Crippen LogP contribution in [0.4, 0.5) is 5.69 Å². The molecule has 1 aromatic carbocycles. The number of hydrogen-bond acceptors (Lipinski definition) is 7. The maximum absolute atomic E-state index is 10.6. The van der Waals surface area contributed by atoms with E-state index < -0.39 is 15.3 Å². The van der Waals surface area contributed by atoms with Gasteiger partial charge in [-0.25, -0.2) is 5.26 Å². The van der Waals surface area contributed by atoms with E-state index in [-0.39, 0.29) is 11.4 Å². The summed E-state index contributed by atoms with van der Waals surface area (Å²) in [6.07, 6.45) is 0. The SMILES string of the molecule is O=[N+]([O-])c1ccc(OS(=O)(=O)OO)cc1. The highest BCUT2D eigenvalue weighted by atomic mass is 32.3. The molecule has 0 bridgehead atoms. The van der Waals surface area contributed by atoms with E-state index in [1.165, 1.54) is 0 Å². The highest BCUT2D eigenvalue weighted by molar-refractivity contribution is 7.82. The average molecular weight is 235 g/mol.